The third-order valence-electron chi connectivity index (χ3n) is 17.6. The van der Waals surface area contributed by atoms with Gasteiger partial charge >= 0.3 is 0 Å². The lowest BCUT2D eigenvalue weighted by Gasteiger charge is -2.56. The Morgan fingerprint density at radius 1 is 0.962 bits per heavy atom. The summed E-state index contributed by atoms with van der Waals surface area (Å²) < 4.78 is 14.3. The molecule has 1 saturated carbocycles. The summed E-state index contributed by atoms with van der Waals surface area (Å²) in [6.07, 6.45) is 10.3. The van der Waals surface area contributed by atoms with Crippen molar-refractivity contribution in [3.05, 3.63) is 107 Å². The number of nitrogen functional groups attached to an aromatic ring is 1. The van der Waals surface area contributed by atoms with Gasteiger partial charge < -0.3 is 45.2 Å². The molecule has 5 N–H and O–H groups in total. The second-order valence-corrected chi connectivity index (χ2v) is 24.1. The van der Waals surface area contributed by atoms with Crippen LogP contribution in [0.15, 0.2) is 83.1 Å². The minimum absolute atomic E-state index is 0.0168. The summed E-state index contributed by atoms with van der Waals surface area (Å²) in [7, 11) is 0. The molecule has 4 aliphatic heterocycles. The number of aromatic hydroxyl groups is 1. The van der Waals surface area contributed by atoms with Gasteiger partial charge in [-0.05, 0) is 119 Å². The van der Waals surface area contributed by atoms with Gasteiger partial charge in [-0.1, -0.05) is 67.2 Å². The SMILES string of the molecule is Cc1ncsc1-c1ccc([C@H](C)NC(=O)[C@@H]2C[C@@H](O)CN2C(=O)[C@@H](c2cc(N3CCC(CN4CCC5(CC4)CC(N4CCO[C@@H]([C@H](C)n6cc(C#Cc7cc(-c8ccccc8O)nnc7N)cn6)C4)C5)CC3)no2)C(C)C)cc1. The first-order valence-electron chi connectivity index (χ1n) is 28.2. The van der Waals surface area contributed by atoms with E-state index in [9.17, 15) is 19.8 Å². The number of nitrogens with one attached hydrogen (secondary N) is 1. The molecule has 0 bridgehead atoms. The Bertz CT molecular complexity index is 3160. The van der Waals surface area contributed by atoms with Crippen LogP contribution in [0.25, 0.3) is 21.7 Å². The molecular formula is C60H74N12O6S. The minimum atomic E-state index is -0.800. The number of hydrogen-bond donors (Lipinski definition) is 4. The quantitative estimate of drug-likeness (QED) is 0.0779. The molecule has 18 nitrogen and oxygen atoms in total. The zero-order valence-electron chi connectivity index (χ0n) is 46.0. The Balaban J connectivity index is 0.617. The topological polar surface area (TPSA) is 217 Å². The number of rotatable bonds is 14. The van der Waals surface area contributed by atoms with E-state index in [1.807, 2.05) is 80.5 Å². The number of aromatic nitrogens is 6. The number of likely N-dealkylation sites (tertiary alicyclic amines) is 2. The fraction of sp³-hybridized carbons (Fsp3) is 0.517. The fourth-order valence-electron chi connectivity index (χ4n) is 12.8. The molecule has 6 atom stereocenters. The minimum Gasteiger partial charge on any atom is -0.507 e. The molecule has 8 heterocycles. The van der Waals surface area contributed by atoms with Crippen LogP contribution in [0.4, 0.5) is 11.6 Å². The molecule has 2 amide bonds. The van der Waals surface area contributed by atoms with Crippen molar-refractivity contribution in [3.63, 3.8) is 0 Å². The number of nitrogens with two attached hydrogens (primary N) is 1. The standard InChI is InChI=1S/C60H74N12O6S/c1-37(2)55(59(76)71-34-47(73)27-50(71)58(75)64-38(3)43-12-14-44(15-13-43)56-39(4)62-36-79-56)52-28-54(67-78-52)69-20-16-41(17-21-69)32-68-22-18-60(19-23-68)29-46(30-60)70-24-25-77-53(35-70)40(5)72-33-42(31-63-72)10-11-45-26-49(65-66-57(45)61)48-8-6-7-9-51(48)74/h6-9,12-15,26,28,31,33,36-38,40-41,46-47,50,53,55,73-74H,16-25,27,29-30,32,34-35H2,1-5H3,(H2,61,66)(H,64,75)/t38-,40-,47+,50-,53+,55+/m0/s1. The maximum Gasteiger partial charge on any atom is 0.243 e. The van der Waals surface area contributed by atoms with Crippen molar-refractivity contribution in [1.29, 1.82) is 0 Å². The monoisotopic (exact) mass is 1090 g/mol. The van der Waals surface area contributed by atoms with Gasteiger partial charge in [-0.2, -0.15) is 5.10 Å². The number of para-hydroxylation sites is 1. The molecule has 2 aromatic carbocycles. The Hall–Kier alpha value is -6.69. The van der Waals surface area contributed by atoms with Crippen molar-refractivity contribution in [2.75, 3.05) is 69.6 Å². The molecule has 19 heteroatoms. The molecule has 1 aliphatic carbocycles. The predicted molar refractivity (Wildman–Crippen MR) is 303 cm³/mol. The second-order valence-electron chi connectivity index (χ2n) is 23.3. The van der Waals surface area contributed by atoms with E-state index in [1.165, 1.54) is 25.7 Å². The van der Waals surface area contributed by atoms with Crippen LogP contribution >= 0.6 is 11.3 Å². The van der Waals surface area contributed by atoms with Crippen molar-refractivity contribution in [3.8, 4) is 39.3 Å². The number of hydrogen-bond acceptors (Lipinski definition) is 16. The van der Waals surface area contributed by atoms with Crippen LogP contribution in [0, 0.1) is 36.0 Å². The molecule has 0 unspecified atom stereocenters. The molecule has 4 aromatic heterocycles. The number of piperidine rings is 2. The maximum absolute atomic E-state index is 14.4. The normalized spacial score (nSPS) is 22.3. The second kappa shape index (κ2) is 23.2. The highest BCUT2D eigenvalue weighted by molar-refractivity contribution is 7.13. The van der Waals surface area contributed by atoms with Gasteiger partial charge in [0.25, 0.3) is 0 Å². The van der Waals surface area contributed by atoms with E-state index < -0.39 is 18.1 Å². The summed E-state index contributed by atoms with van der Waals surface area (Å²) in [6.45, 7) is 17.9. The number of nitrogens with zero attached hydrogens (tertiary/aromatic N) is 10. The molecule has 1 spiro atoms. The number of ether oxygens (including phenoxy) is 1. The zero-order chi connectivity index (χ0) is 55.0. The number of phenols is 1. The molecule has 6 aromatic rings. The molecule has 79 heavy (non-hydrogen) atoms. The molecule has 4 saturated heterocycles. The molecule has 416 valence electrons. The summed E-state index contributed by atoms with van der Waals surface area (Å²) in [5.41, 5.74) is 13.8. The first kappa shape index (κ1) is 54.3. The smallest absolute Gasteiger partial charge is 0.243 e. The van der Waals surface area contributed by atoms with E-state index in [4.69, 9.17) is 15.0 Å². The number of aryl methyl sites for hydroxylation is 1. The number of β-amino-alcohol motifs (C(OH)–C–C–N with tert-alkyl or cyclic N) is 1. The van der Waals surface area contributed by atoms with E-state index in [2.05, 4.69) is 64.2 Å². The molecule has 5 fully saturated rings. The number of aliphatic hydroxyl groups is 1. The highest BCUT2D eigenvalue weighted by atomic mass is 32.1. The number of carbonyl (C=O) groups excluding carboxylic acids is 2. The van der Waals surface area contributed by atoms with Crippen LogP contribution in [0.3, 0.4) is 0 Å². The van der Waals surface area contributed by atoms with E-state index in [0.717, 1.165) is 91.7 Å². The zero-order valence-corrected chi connectivity index (χ0v) is 46.8. The van der Waals surface area contributed by atoms with Crippen LogP contribution in [-0.4, -0.2) is 150 Å². The lowest BCUT2D eigenvalue weighted by molar-refractivity contribution is -0.141. The van der Waals surface area contributed by atoms with Crippen LogP contribution in [-0.2, 0) is 14.3 Å². The average Bonchev–Trinajstić information content (AvgIpc) is 4.36. The van der Waals surface area contributed by atoms with Crippen LogP contribution < -0.4 is 16.0 Å². The van der Waals surface area contributed by atoms with Crippen molar-refractivity contribution in [1.82, 2.24) is 50.1 Å². The first-order valence-corrected chi connectivity index (χ1v) is 29.1. The summed E-state index contributed by atoms with van der Waals surface area (Å²) >= 11 is 1.60. The Morgan fingerprint density at radius 2 is 1.73 bits per heavy atom. The first-order chi connectivity index (χ1) is 38.2. The van der Waals surface area contributed by atoms with Crippen LogP contribution in [0.2, 0.25) is 0 Å². The largest absolute Gasteiger partial charge is 0.507 e. The number of anilines is 2. The predicted octanol–water partition coefficient (Wildman–Crippen LogP) is 7.45. The van der Waals surface area contributed by atoms with E-state index >= 15 is 0 Å². The Morgan fingerprint density at radius 3 is 2.47 bits per heavy atom. The van der Waals surface area contributed by atoms with Crippen molar-refractivity contribution < 1.29 is 29.1 Å². The van der Waals surface area contributed by atoms with Crippen molar-refractivity contribution in [2.45, 2.75) is 122 Å². The third-order valence-corrected chi connectivity index (χ3v) is 18.6. The highest BCUT2D eigenvalue weighted by Crippen LogP contribution is 2.51. The van der Waals surface area contributed by atoms with Crippen LogP contribution in [0.1, 0.15) is 119 Å². The number of carbonyl (C=O) groups is 2. The summed E-state index contributed by atoms with van der Waals surface area (Å²) in [5, 5.41) is 41.7. The van der Waals surface area contributed by atoms with Gasteiger partial charge in [0.2, 0.25) is 11.8 Å². The van der Waals surface area contributed by atoms with E-state index in [0.29, 0.717) is 46.6 Å². The molecular weight excluding hydrogens is 1020 g/mol. The molecule has 0 radical (unpaired) electrons. The van der Waals surface area contributed by atoms with Gasteiger partial charge in [0, 0.05) is 69.6 Å². The average molecular weight is 1090 g/mol. The lowest BCUT2D eigenvalue weighted by Crippen LogP contribution is -2.59. The summed E-state index contributed by atoms with van der Waals surface area (Å²) in [4.78, 5) is 42.9. The number of phenolic OH excluding ortho intramolecular Hbond substituents is 1. The number of aliphatic hydroxyl groups excluding tert-OH is 1. The number of amides is 2. The number of morpholine rings is 1. The van der Waals surface area contributed by atoms with Gasteiger partial charge in [-0.25, -0.2) is 4.98 Å². The van der Waals surface area contributed by atoms with Crippen molar-refractivity contribution >= 4 is 34.8 Å². The highest BCUT2D eigenvalue weighted by Gasteiger charge is 2.49. The summed E-state index contributed by atoms with van der Waals surface area (Å²) in [5.74, 6) is 7.22. The number of thiazole rings is 1. The van der Waals surface area contributed by atoms with Gasteiger partial charge in [0.1, 0.15) is 17.7 Å². The van der Waals surface area contributed by atoms with Crippen LogP contribution in [0.5, 0.6) is 5.75 Å². The Labute approximate surface area is 466 Å². The van der Waals surface area contributed by atoms with Gasteiger partial charge in [-0.3, -0.25) is 19.2 Å². The Kier molecular flexibility index (Phi) is 15.9. The van der Waals surface area contributed by atoms with Crippen molar-refractivity contribution in [2.24, 2.45) is 17.3 Å². The van der Waals surface area contributed by atoms with Gasteiger partial charge in [0.05, 0.1) is 70.0 Å². The van der Waals surface area contributed by atoms with Gasteiger partial charge in [0.15, 0.2) is 17.4 Å². The maximum atomic E-state index is 14.4. The molecule has 11 rings (SSSR count). The van der Waals surface area contributed by atoms with E-state index in [1.54, 1.807) is 46.7 Å². The lowest BCUT2D eigenvalue weighted by atomic mass is 9.60. The van der Waals surface area contributed by atoms with E-state index in [-0.39, 0.29) is 60.5 Å². The third kappa shape index (κ3) is 11.8. The summed E-state index contributed by atoms with van der Waals surface area (Å²) in [6, 6.07) is 18.3. The number of benzene rings is 2. The van der Waals surface area contributed by atoms with Gasteiger partial charge in [-0.15, -0.1) is 21.5 Å². The molecule has 5 aliphatic rings. The fourth-order valence-corrected chi connectivity index (χ4v) is 13.6.